The average Bonchev–Trinajstić information content (AvgIpc) is 2.97. The summed E-state index contributed by atoms with van der Waals surface area (Å²) < 4.78 is 7.36. The zero-order valence-electron chi connectivity index (χ0n) is 20.2. The molecule has 4 aromatic rings. The smallest absolute Gasteiger partial charge is 0.279 e. The van der Waals surface area contributed by atoms with Crippen molar-refractivity contribution >= 4 is 28.3 Å². The second kappa shape index (κ2) is 9.54. The van der Waals surface area contributed by atoms with Crippen LogP contribution in [0.3, 0.4) is 0 Å². The van der Waals surface area contributed by atoms with Crippen LogP contribution in [-0.4, -0.2) is 52.2 Å². The topological polar surface area (TPSA) is 84.7 Å². The number of nitrogens with zero attached hydrogens (tertiary/aromatic N) is 4. The molecule has 0 N–H and O–H groups in total. The van der Waals surface area contributed by atoms with Crippen molar-refractivity contribution in [2.75, 3.05) is 24.5 Å². The van der Waals surface area contributed by atoms with Gasteiger partial charge in [0.1, 0.15) is 5.75 Å². The van der Waals surface area contributed by atoms with E-state index < -0.39 is 12.0 Å². The summed E-state index contributed by atoms with van der Waals surface area (Å²) >= 11 is 0. The Kier molecular flexibility index (Phi) is 5.92. The highest BCUT2D eigenvalue weighted by atomic mass is 16.5. The normalized spacial score (nSPS) is 17.2. The van der Waals surface area contributed by atoms with E-state index in [9.17, 15) is 14.4 Å². The fourth-order valence-electron chi connectivity index (χ4n) is 5.09. The van der Waals surface area contributed by atoms with Crippen LogP contribution in [0.15, 0.2) is 83.7 Å². The van der Waals surface area contributed by atoms with E-state index in [-0.39, 0.29) is 23.7 Å². The largest absolute Gasteiger partial charge is 0.476 e. The van der Waals surface area contributed by atoms with Crippen LogP contribution in [0.1, 0.15) is 29.8 Å². The molecule has 2 aliphatic rings. The Morgan fingerprint density at radius 3 is 2.27 bits per heavy atom. The van der Waals surface area contributed by atoms with Crippen LogP contribution < -0.4 is 15.2 Å². The van der Waals surface area contributed by atoms with Crippen molar-refractivity contribution in [2.24, 2.45) is 0 Å². The summed E-state index contributed by atoms with van der Waals surface area (Å²) in [5.74, 6) is -0.0368. The molecule has 1 saturated heterocycles. The Morgan fingerprint density at radius 1 is 0.811 bits per heavy atom. The number of benzene rings is 3. The van der Waals surface area contributed by atoms with E-state index >= 15 is 0 Å². The summed E-state index contributed by atoms with van der Waals surface area (Å²) in [5.41, 5.74) is 0.963. The summed E-state index contributed by atoms with van der Waals surface area (Å²) in [6, 6.07) is 23.2. The van der Waals surface area contributed by atoms with E-state index in [0.717, 1.165) is 19.3 Å². The Hall–Kier alpha value is -4.46. The van der Waals surface area contributed by atoms with Crippen molar-refractivity contribution in [3.63, 3.8) is 0 Å². The fraction of sp³-hybridized carbons (Fsp3) is 0.241. The number of ether oxygens (including phenoxy) is 1. The Labute approximate surface area is 213 Å². The molecule has 1 atom stereocenters. The molecular weight excluding hydrogens is 468 g/mol. The number of piperidine rings is 1. The number of anilines is 1. The van der Waals surface area contributed by atoms with Crippen LogP contribution in [-0.2, 0) is 4.79 Å². The number of likely N-dealkylation sites (tertiary alicyclic amines) is 1. The van der Waals surface area contributed by atoms with Crippen LogP contribution in [0.2, 0.25) is 0 Å². The van der Waals surface area contributed by atoms with Gasteiger partial charge in [0.05, 0.1) is 23.3 Å². The lowest BCUT2D eigenvalue weighted by Gasteiger charge is -2.37. The summed E-state index contributed by atoms with van der Waals surface area (Å²) in [6.45, 7) is 1.46. The van der Waals surface area contributed by atoms with Gasteiger partial charge in [-0.25, -0.2) is 0 Å². The van der Waals surface area contributed by atoms with E-state index in [1.54, 1.807) is 53.4 Å². The lowest BCUT2D eigenvalue weighted by Crippen LogP contribution is -2.53. The molecule has 6 rings (SSSR count). The van der Waals surface area contributed by atoms with E-state index in [2.05, 4.69) is 5.10 Å². The molecule has 0 aliphatic carbocycles. The maximum Gasteiger partial charge on any atom is 0.279 e. The van der Waals surface area contributed by atoms with Crippen molar-refractivity contribution in [3.05, 3.63) is 94.9 Å². The second-order valence-electron chi connectivity index (χ2n) is 9.32. The van der Waals surface area contributed by atoms with E-state index in [1.807, 2.05) is 35.2 Å². The first kappa shape index (κ1) is 23.0. The van der Waals surface area contributed by atoms with Gasteiger partial charge in [0.15, 0.2) is 11.8 Å². The molecule has 8 heteroatoms. The average molecular weight is 495 g/mol. The molecule has 2 amide bonds. The molecule has 3 heterocycles. The van der Waals surface area contributed by atoms with Gasteiger partial charge >= 0.3 is 0 Å². The molecular formula is C29H26N4O4. The third-order valence-electron chi connectivity index (χ3n) is 6.97. The number of fused-ring (bicyclic) bond motifs is 2. The van der Waals surface area contributed by atoms with Crippen molar-refractivity contribution in [2.45, 2.75) is 25.4 Å². The van der Waals surface area contributed by atoms with Gasteiger partial charge in [0, 0.05) is 18.5 Å². The minimum Gasteiger partial charge on any atom is -0.476 e. The van der Waals surface area contributed by atoms with Gasteiger partial charge in [-0.3, -0.25) is 19.3 Å². The second-order valence-corrected chi connectivity index (χ2v) is 9.32. The number of rotatable bonds is 3. The monoisotopic (exact) mass is 494 g/mol. The molecule has 2 aliphatic heterocycles. The maximum absolute atomic E-state index is 14.2. The predicted molar refractivity (Wildman–Crippen MR) is 140 cm³/mol. The fourth-order valence-corrected chi connectivity index (χ4v) is 5.09. The maximum atomic E-state index is 14.2. The molecule has 0 saturated carbocycles. The van der Waals surface area contributed by atoms with Gasteiger partial charge in [-0.1, -0.05) is 48.5 Å². The minimum absolute atomic E-state index is 0.0612. The van der Waals surface area contributed by atoms with Crippen molar-refractivity contribution in [3.8, 4) is 11.4 Å². The van der Waals surface area contributed by atoms with Crippen LogP contribution in [0, 0.1) is 0 Å². The zero-order valence-corrected chi connectivity index (χ0v) is 20.2. The lowest BCUT2D eigenvalue weighted by atomic mass is 10.1. The number of aromatic nitrogens is 2. The Balaban J connectivity index is 1.45. The molecule has 0 radical (unpaired) electrons. The van der Waals surface area contributed by atoms with Gasteiger partial charge in [0.2, 0.25) is 0 Å². The zero-order chi connectivity index (χ0) is 25.4. The molecule has 186 valence electrons. The summed E-state index contributed by atoms with van der Waals surface area (Å²) in [5, 5.41) is 5.42. The predicted octanol–water partition coefficient (Wildman–Crippen LogP) is 3.81. The van der Waals surface area contributed by atoms with Crippen molar-refractivity contribution in [1.29, 1.82) is 0 Å². The SMILES string of the molecule is O=C([C@@H]1CN(C(=O)c2nn(-c3ccccc3)c(=O)c3ccccc23)c2ccccc2O1)N1CCCCC1. The first-order chi connectivity index (χ1) is 18.1. The number of carbonyl (C=O) groups is 2. The molecule has 0 spiro atoms. The molecule has 0 unspecified atom stereocenters. The summed E-state index contributed by atoms with van der Waals surface area (Å²) in [6.07, 6.45) is 2.23. The third kappa shape index (κ3) is 4.14. The molecule has 1 fully saturated rings. The third-order valence-corrected chi connectivity index (χ3v) is 6.97. The van der Waals surface area contributed by atoms with Gasteiger partial charge in [-0.05, 0) is 49.6 Å². The van der Waals surface area contributed by atoms with Crippen LogP contribution >= 0.6 is 0 Å². The van der Waals surface area contributed by atoms with Gasteiger partial charge in [-0.15, -0.1) is 0 Å². The standard InChI is InChI=1S/C29H26N4O4/c34-27-22-14-6-5-13-21(22)26(30-33(27)20-11-3-1-4-12-20)29(36)32-19-25(28(35)31-17-9-2-10-18-31)37-24-16-8-7-15-23(24)32/h1,3-8,11-16,25H,2,9-10,17-19H2/t25-/m0/s1. The number of para-hydroxylation sites is 3. The lowest BCUT2D eigenvalue weighted by molar-refractivity contribution is -0.139. The summed E-state index contributed by atoms with van der Waals surface area (Å²) in [7, 11) is 0. The highest BCUT2D eigenvalue weighted by Gasteiger charge is 2.37. The highest BCUT2D eigenvalue weighted by molar-refractivity contribution is 6.13. The molecule has 1 aromatic heterocycles. The highest BCUT2D eigenvalue weighted by Crippen LogP contribution is 2.35. The Morgan fingerprint density at radius 2 is 1.49 bits per heavy atom. The van der Waals surface area contributed by atoms with E-state index in [1.165, 1.54) is 4.68 Å². The molecule has 37 heavy (non-hydrogen) atoms. The summed E-state index contributed by atoms with van der Waals surface area (Å²) in [4.78, 5) is 44.2. The number of hydrogen-bond acceptors (Lipinski definition) is 5. The van der Waals surface area contributed by atoms with Gasteiger partial charge in [0.25, 0.3) is 17.4 Å². The van der Waals surface area contributed by atoms with Crippen molar-refractivity contribution < 1.29 is 14.3 Å². The number of carbonyl (C=O) groups excluding carboxylic acids is 2. The van der Waals surface area contributed by atoms with Crippen LogP contribution in [0.5, 0.6) is 5.75 Å². The molecule has 3 aromatic carbocycles. The van der Waals surface area contributed by atoms with Gasteiger partial charge < -0.3 is 9.64 Å². The Bertz CT molecular complexity index is 1540. The minimum atomic E-state index is -0.816. The first-order valence-electron chi connectivity index (χ1n) is 12.6. The van der Waals surface area contributed by atoms with E-state index in [4.69, 9.17) is 4.74 Å². The van der Waals surface area contributed by atoms with Crippen LogP contribution in [0.4, 0.5) is 5.69 Å². The van der Waals surface area contributed by atoms with Crippen molar-refractivity contribution in [1.82, 2.24) is 14.7 Å². The number of amides is 2. The molecule has 8 nitrogen and oxygen atoms in total. The quantitative estimate of drug-likeness (QED) is 0.433. The van der Waals surface area contributed by atoms with Gasteiger partial charge in [-0.2, -0.15) is 9.78 Å². The van der Waals surface area contributed by atoms with E-state index in [0.29, 0.717) is 41.0 Å². The molecule has 0 bridgehead atoms. The number of hydrogen-bond donors (Lipinski definition) is 0. The van der Waals surface area contributed by atoms with Crippen LogP contribution in [0.25, 0.3) is 16.5 Å². The first-order valence-corrected chi connectivity index (χ1v) is 12.6.